The van der Waals surface area contributed by atoms with E-state index in [2.05, 4.69) is 20.8 Å². The molecule has 2 bridgehead atoms. The third-order valence-electron chi connectivity index (χ3n) is 6.47. The van der Waals surface area contributed by atoms with Gasteiger partial charge in [-0.05, 0) is 25.7 Å². The summed E-state index contributed by atoms with van der Waals surface area (Å²) in [6, 6.07) is 0. The van der Waals surface area contributed by atoms with Gasteiger partial charge in [-0.25, -0.2) is 0 Å². The molecule has 114 valence electrons. The highest BCUT2D eigenvalue weighted by Crippen LogP contribution is 2.67. The molecule has 0 aromatic heterocycles. The van der Waals surface area contributed by atoms with Crippen LogP contribution >= 0.6 is 0 Å². The van der Waals surface area contributed by atoms with Gasteiger partial charge in [0.25, 0.3) is 0 Å². The zero-order valence-electron chi connectivity index (χ0n) is 12.9. The first kappa shape index (κ1) is 14.3. The maximum absolute atomic E-state index is 12.3. The molecule has 1 aliphatic heterocycles. The van der Waals surface area contributed by atoms with Crippen molar-refractivity contribution in [2.45, 2.75) is 52.7 Å². The van der Waals surface area contributed by atoms with Gasteiger partial charge in [-0.15, -0.1) is 0 Å². The van der Waals surface area contributed by atoms with Crippen LogP contribution in [-0.2, 0) is 14.3 Å². The summed E-state index contributed by atoms with van der Waals surface area (Å²) in [5.74, 6) is 0.255. The Balaban J connectivity index is 2.10. The standard InChI is InChI=1S/C16H26O4/c1-5-19-13-12(17)16(9(2)3)7-6-15(13,4)11-10(16)8-20-14(11)18/h9-13,17H,5-8H2,1-4H3. The normalized spacial score (nSPS) is 50.4. The average Bonchev–Trinajstić information content (AvgIpc) is 2.79. The van der Waals surface area contributed by atoms with Gasteiger partial charge in [-0.1, -0.05) is 20.8 Å². The van der Waals surface area contributed by atoms with Crippen LogP contribution in [0.25, 0.3) is 0 Å². The van der Waals surface area contributed by atoms with Crippen molar-refractivity contribution < 1.29 is 19.4 Å². The summed E-state index contributed by atoms with van der Waals surface area (Å²) in [5.41, 5.74) is -0.529. The van der Waals surface area contributed by atoms with Crippen LogP contribution in [0, 0.1) is 28.6 Å². The third kappa shape index (κ3) is 1.47. The molecule has 3 aliphatic carbocycles. The Bertz CT molecular complexity index is 421. The number of hydrogen-bond acceptors (Lipinski definition) is 4. The first-order valence-corrected chi connectivity index (χ1v) is 7.86. The van der Waals surface area contributed by atoms with E-state index in [0.29, 0.717) is 19.1 Å². The lowest BCUT2D eigenvalue weighted by atomic mass is 9.41. The van der Waals surface area contributed by atoms with Gasteiger partial charge in [-0.2, -0.15) is 0 Å². The molecular weight excluding hydrogens is 256 g/mol. The Hall–Kier alpha value is -0.610. The van der Waals surface area contributed by atoms with Crippen molar-refractivity contribution in [1.82, 2.24) is 0 Å². The van der Waals surface area contributed by atoms with E-state index in [1.807, 2.05) is 6.92 Å². The minimum Gasteiger partial charge on any atom is -0.465 e. The molecule has 6 atom stereocenters. The van der Waals surface area contributed by atoms with Gasteiger partial charge in [0, 0.05) is 23.4 Å². The number of aliphatic hydroxyl groups excluding tert-OH is 1. The van der Waals surface area contributed by atoms with Crippen LogP contribution in [0.4, 0.5) is 0 Å². The zero-order valence-corrected chi connectivity index (χ0v) is 12.9. The number of fused-ring (bicyclic) bond motifs is 2. The molecule has 4 aliphatic rings. The van der Waals surface area contributed by atoms with Gasteiger partial charge in [0.05, 0.1) is 24.7 Å². The van der Waals surface area contributed by atoms with E-state index in [-0.39, 0.29) is 34.7 Å². The number of ether oxygens (including phenoxy) is 2. The monoisotopic (exact) mass is 282 g/mol. The van der Waals surface area contributed by atoms with E-state index in [1.165, 1.54) is 0 Å². The Morgan fingerprint density at radius 2 is 2.15 bits per heavy atom. The third-order valence-corrected chi connectivity index (χ3v) is 6.47. The number of rotatable bonds is 3. The van der Waals surface area contributed by atoms with Crippen molar-refractivity contribution >= 4 is 5.97 Å². The van der Waals surface area contributed by atoms with E-state index in [1.54, 1.807) is 0 Å². The van der Waals surface area contributed by atoms with Crippen LogP contribution in [0.3, 0.4) is 0 Å². The number of aliphatic hydroxyl groups is 1. The van der Waals surface area contributed by atoms with Crippen LogP contribution in [-0.4, -0.2) is 36.5 Å². The number of carbonyl (C=O) groups is 1. The molecule has 0 spiro atoms. The van der Waals surface area contributed by atoms with Gasteiger partial charge in [0.15, 0.2) is 0 Å². The molecule has 6 unspecified atom stereocenters. The average molecular weight is 282 g/mol. The van der Waals surface area contributed by atoms with Crippen molar-refractivity contribution in [2.24, 2.45) is 28.6 Å². The molecule has 0 amide bonds. The summed E-state index contributed by atoms with van der Waals surface area (Å²) >= 11 is 0. The number of esters is 1. The van der Waals surface area contributed by atoms with Crippen LogP contribution in [0.5, 0.6) is 0 Å². The minimum absolute atomic E-state index is 0.0844. The molecule has 4 rings (SSSR count). The van der Waals surface area contributed by atoms with Gasteiger partial charge in [0.1, 0.15) is 0 Å². The summed E-state index contributed by atoms with van der Waals surface area (Å²) in [4.78, 5) is 12.3. The predicted octanol–water partition coefficient (Wildman–Crippen LogP) is 2.00. The number of cyclic esters (lactones) is 1. The van der Waals surface area contributed by atoms with Crippen LogP contribution < -0.4 is 0 Å². The zero-order chi connectivity index (χ0) is 14.7. The van der Waals surface area contributed by atoms with Crippen molar-refractivity contribution in [1.29, 1.82) is 0 Å². The van der Waals surface area contributed by atoms with Crippen LogP contribution in [0.1, 0.15) is 40.5 Å². The molecule has 0 aromatic rings. The van der Waals surface area contributed by atoms with Crippen LogP contribution in [0.15, 0.2) is 0 Å². The summed E-state index contributed by atoms with van der Waals surface area (Å²) in [6.07, 6.45) is 1.14. The smallest absolute Gasteiger partial charge is 0.310 e. The molecule has 1 N–H and O–H groups in total. The molecule has 4 heteroatoms. The van der Waals surface area contributed by atoms with Gasteiger partial charge < -0.3 is 14.6 Å². The quantitative estimate of drug-likeness (QED) is 0.804. The fraction of sp³-hybridized carbons (Fsp3) is 0.938. The highest BCUT2D eigenvalue weighted by Gasteiger charge is 2.72. The minimum atomic E-state index is -0.503. The Kier molecular flexibility index (Phi) is 3.18. The second-order valence-corrected chi connectivity index (χ2v) is 7.31. The van der Waals surface area contributed by atoms with Crippen molar-refractivity contribution in [3.63, 3.8) is 0 Å². The van der Waals surface area contributed by atoms with E-state index in [9.17, 15) is 9.90 Å². The van der Waals surface area contributed by atoms with Crippen molar-refractivity contribution in [3.05, 3.63) is 0 Å². The molecule has 4 nitrogen and oxygen atoms in total. The van der Waals surface area contributed by atoms with Gasteiger partial charge in [0.2, 0.25) is 0 Å². The fourth-order valence-corrected chi connectivity index (χ4v) is 5.39. The van der Waals surface area contributed by atoms with Crippen LogP contribution in [0.2, 0.25) is 0 Å². The summed E-state index contributed by atoms with van der Waals surface area (Å²) < 4.78 is 11.3. The first-order valence-electron chi connectivity index (χ1n) is 7.86. The Morgan fingerprint density at radius 1 is 1.45 bits per heavy atom. The Labute approximate surface area is 120 Å². The predicted molar refractivity (Wildman–Crippen MR) is 74.0 cm³/mol. The highest BCUT2D eigenvalue weighted by molar-refractivity contribution is 5.77. The van der Waals surface area contributed by atoms with Gasteiger partial charge in [-0.3, -0.25) is 4.79 Å². The fourth-order valence-electron chi connectivity index (χ4n) is 5.39. The lowest BCUT2D eigenvalue weighted by Crippen LogP contribution is -2.70. The second kappa shape index (κ2) is 4.44. The Morgan fingerprint density at radius 3 is 2.75 bits per heavy atom. The molecule has 1 heterocycles. The first-order chi connectivity index (χ1) is 9.39. The molecule has 4 fully saturated rings. The summed E-state index contributed by atoms with van der Waals surface area (Å²) in [6.45, 7) is 9.39. The topological polar surface area (TPSA) is 55.8 Å². The maximum atomic E-state index is 12.3. The molecule has 0 radical (unpaired) electrons. The van der Waals surface area contributed by atoms with Crippen molar-refractivity contribution in [3.8, 4) is 0 Å². The van der Waals surface area contributed by atoms with E-state index in [0.717, 1.165) is 12.8 Å². The largest absolute Gasteiger partial charge is 0.465 e. The van der Waals surface area contributed by atoms with E-state index >= 15 is 0 Å². The SMILES string of the molecule is CCOC1C(O)C2(C(C)C)CCC1(C)C1C(=O)OCC12. The highest BCUT2D eigenvalue weighted by atomic mass is 16.5. The number of hydrogen-bond donors (Lipinski definition) is 1. The van der Waals surface area contributed by atoms with E-state index in [4.69, 9.17) is 9.47 Å². The molecule has 1 saturated heterocycles. The lowest BCUT2D eigenvalue weighted by molar-refractivity contribution is -0.265. The second-order valence-electron chi connectivity index (χ2n) is 7.31. The summed E-state index contributed by atoms with van der Waals surface area (Å²) in [5, 5.41) is 11.0. The molecular formula is C16H26O4. The summed E-state index contributed by atoms with van der Waals surface area (Å²) in [7, 11) is 0. The van der Waals surface area contributed by atoms with E-state index < -0.39 is 6.10 Å². The van der Waals surface area contributed by atoms with Crippen molar-refractivity contribution in [2.75, 3.05) is 13.2 Å². The maximum Gasteiger partial charge on any atom is 0.310 e. The number of carbonyl (C=O) groups excluding carboxylic acids is 1. The molecule has 20 heavy (non-hydrogen) atoms. The van der Waals surface area contributed by atoms with Gasteiger partial charge >= 0.3 is 5.97 Å². The lowest BCUT2D eigenvalue weighted by Gasteiger charge is -2.64. The molecule has 0 aromatic carbocycles. The molecule has 3 saturated carbocycles.